The average molecular weight is 298 g/mol. The van der Waals surface area contributed by atoms with Crippen molar-refractivity contribution in [3.8, 4) is 23.8 Å². The van der Waals surface area contributed by atoms with E-state index in [4.69, 9.17) is 15.7 Å². The van der Waals surface area contributed by atoms with Gasteiger partial charge in [0.1, 0.15) is 11.9 Å². The first-order chi connectivity index (χ1) is 10.6. The van der Waals surface area contributed by atoms with Gasteiger partial charge in [-0.1, -0.05) is 5.92 Å². The number of halogens is 1. The second-order valence-electron chi connectivity index (χ2n) is 4.24. The van der Waals surface area contributed by atoms with E-state index in [0.29, 0.717) is 5.56 Å². The fourth-order valence-electron chi connectivity index (χ4n) is 1.79. The monoisotopic (exact) mass is 298 g/mol. The molecule has 7 heteroatoms. The second-order valence-corrected chi connectivity index (χ2v) is 4.24. The number of nitrogen functional groups attached to an aromatic ring is 1. The standard InChI is InChI=1S/C15H11FN4O2/c1-2-5-22-13-8-19-15(18)20(14(13)21)9-11-6-12(16)4-3-10(11)7-17/h3-4,6,8H,9H2,1H3,(H2,18,19). The van der Waals surface area contributed by atoms with E-state index in [1.165, 1.54) is 18.2 Å². The smallest absolute Gasteiger partial charge is 0.299 e. The number of aromatic nitrogens is 2. The second kappa shape index (κ2) is 6.42. The van der Waals surface area contributed by atoms with Gasteiger partial charge < -0.3 is 10.5 Å². The van der Waals surface area contributed by atoms with Crippen molar-refractivity contribution in [1.29, 1.82) is 5.26 Å². The Morgan fingerprint density at radius 3 is 2.95 bits per heavy atom. The van der Waals surface area contributed by atoms with Gasteiger partial charge in [0, 0.05) is 6.92 Å². The summed E-state index contributed by atoms with van der Waals surface area (Å²) in [6.07, 6.45) is 3.45. The molecule has 6 nitrogen and oxygen atoms in total. The zero-order chi connectivity index (χ0) is 16.1. The van der Waals surface area contributed by atoms with Crippen molar-refractivity contribution < 1.29 is 9.13 Å². The molecule has 0 radical (unpaired) electrons. The molecule has 1 aromatic carbocycles. The minimum Gasteiger partial charge on any atom is -0.400 e. The van der Waals surface area contributed by atoms with Crippen LogP contribution >= 0.6 is 0 Å². The van der Waals surface area contributed by atoms with E-state index in [-0.39, 0.29) is 23.8 Å². The summed E-state index contributed by atoms with van der Waals surface area (Å²) in [7, 11) is 0. The molecule has 0 aliphatic carbocycles. The number of ether oxygens (including phenoxy) is 1. The van der Waals surface area contributed by atoms with Crippen LogP contribution in [0.1, 0.15) is 18.1 Å². The number of rotatable bonds is 3. The topological polar surface area (TPSA) is 93.9 Å². The molecule has 2 aromatic rings. The van der Waals surface area contributed by atoms with Crippen molar-refractivity contribution in [3.05, 3.63) is 51.7 Å². The number of anilines is 1. The molecule has 1 aromatic heterocycles. The molecule has 0 bridgehead atoms. The number of hydrogen-bond donors (Lipinski definition) is 1. The summed E-state index contributed by atoms with van der Waals surface area (Å²) >= 11 is 0. The zero-order valence-corrected chi connectivity index (χ0v) is 11.6. The Bertz CT molecular complexity index is 872. The minimum absolute atomic E-state index is 0.0741. The normalized spacial score (nSPS) is 9.50. The third-order valence-electron chi connectivity index (χ3n) is 2.83. The highest BCUT2D eigenvalue weighted by atomic mass is 19.1. The molecular weight excluding hydrogens is 287 g/mol. The van der Waals surface area contributed by atoms with E-state index in [0.717, 1.165) is 10.8 Å². The molecule has 0 aliphatic heterocycles. The van der Waals surface area contributed by atoms with E-state index >= 15 is 0 Å². The quantitative estimate of drug-likeness (QED) is 0.860. The van der Waals surface area contributed by atoms with Crippen molar-refractivity contribution in [2.45, 2.75) is 13.5 Å². The molecule has 2 N–H and O–H groups in total. The van der Waals surface area contributed by atoms with Crippen LogP contribution in [0.2, 0.25) is 0 Å². The van der Waals surface area contributed by atoms with Crippen LogP contribution in [0.15, 0.2) is 29.2 Å². The zero-order valence-electron chi connectivity index (χ0n) is 11.6. The fraction of sp³-hybridized carbons (Fsp3) is 0.133. The highest BCUT2D eigenvalue weighted by Crippen LogP contribution is 2.13. The highest BCUT2D eigenvalue weighted by Gasteiger charge is 2.12. The van der Waals surface area contributed by atoms with Crippen LogP contribution in [0.4, 0.5) is 10.3 Å². The molecule has 0 aliphatic rings. The van der Waals surface area contributed by atoms with Gasteiger partial charge in [0.25, 0.3) is 5.56 Å². The van der Waals surface area contributed by atoms with Gasteiger partial charge in [-0.2, -0.15) is 5.26 Å². The predicted octanol–water partition coefficient (Wildman–Crippen LogP) is 1.24. The van der Waals surface area contributed by atoms with Crippen molar-refractivity contribution >= 4 is 5.95 Å². The van der Waals surface area contributed by atoms with Crippen LogP contribution in [-0.2, 0) is 6.54 Å². The molecule has 0 fully saturated rings. The summed E-state index contributed by atoms with van der Waals surface area (Å²) in [5.41, 5.74) is 5.67. The Hall–Kier alpha value is -3.32. The maximum atomic E-state index is 13.3. The Morgan fingerprint density at radius 1 is 1.50 bits per heavy atom. The van der Waals surface area contributed by atoms with Gasteiger partial charge in [-0.25, -0.2) is 9.37 Å². The van der Waals surface area contributed by atoms with Crippen LogP contribution in [0.3, 0.4) is 0 Å². The summed E-state index contributed by atoms with van der Waals surface area (Å²) < 4.78 is 19.4. The molecule has 0 unspecified atom stereocenters. The average Bonchev–Trinajstić information content (AvgIpc) is 2.51. The molecule has 110 valence electrons. The van der Waals surface area contributed by atoms with Gasteiger partial charge in [-0.15, -0.1) is 0 Å². The van der Waals surface area contributed by atoms with Gasteiger partial charge in [0.15, 0.2) is 0 Å². The largest absolute Gasteiger partial charge is 0.400 e. The third-order valence-corrected chi connectivity index (χ3v) is 2.83. The molecule has 0 atom stereocenters. The van der Waals surface area contributed by atoms with Gasteiger partial charge in [-0.3, -0.25) is 9.36 Å². The first-order valence-corrected chi connectivity index (χ1v) is 6.19. The Labute approximate surface area is 125 Å². The van der Waals surface area contributed by atoms with Crippen molar-refractivity contribution in [1.82, 2.24) is 9.55 Å². The van der Waals surface area contributed by atoms with Crippen LogP contribution < -0.4 is 16.0 Å². The predicted molar refractivity (Wildman–Crippen MR) is 77.2 cm³/mol. The number of benzene rings is 1. The van der Waals surface area contributed by atoms with E-state index < -0.39 is 11.4 Å². The summed E-state index contributed by atoms with van der Waals surface area (Å²) in [6, 6.07) is 5.61. The molecule has 0 saturated carbocycles. The van der Waals surface area contributed by atoms with Crippen LogP contribution in [0, 0.1) is 29.2 Å². The van der Waals surface area contributed by atoms with Gasteiger partial charge >= 0.3 is 0 Å². The highest BCUT2D eigenvalue weighted by molar-refractivity contribution is 5.39. The van der Waals surface area contributed by atoms with Crippen molar-refractivity contribution in [2.24, 2.45) is 0 Å². The lowest BCUT2D eigenvalue weighted by Crippen LogP contribution is -2.26. The van der Waals surface area contributed by atoms with Crippen LogP contribution in [0.5, 0.6) is 5.75 Å². The fourth-order valence-corrected chi connectivity index (χ4v) is 1.79. The van der Waals surface area contributed by atoms with E-state index in [2.05, 4.69) is 17.0 Å². The van der Waals surface area contributed by atoms with E-state index in [1.807, 2.05) is 6.07 Å². The molecule has 0 spiro atoms. The SMILES string of the molecule is CC#COc1cnc(N)n(Cc2cc(F)ccc2C#N)c1=O. The summed E-state index contributed by atoms with van der Waals surface area (Å²) in [5.74, 6) is 1.79. The van der Waals surface area contributed by atoms with E-state index in [1.54, 1.807) is 6.92 Å². The lowest BCUT2D eigenvalue weighted by molar-refractivity contribution is 0.497. The van der Waals surface area contributed by atoms with Crippen molar-refractivity contribution in [2.75, 3.05) is 5.73 Å². The lowest BCUT2D eigenvalue weighted by atomic mass is 10.1. The molecule has 2 rings (SSSR count). The first-order valence-electron chi connectivity index (χ1n) is 6.19. The summed E-state index contributed by atoms with van der Waals surface area (Å²) in [6.45, 7) is 1.45. The third kappa shape index (κ3) is 3.05. The number of nitrogens with two attached hydrogens (primary N) is 1. The lowest BCUT2D eigenvalue weighted by Gasteiger charge is -2.10. The molecular formula is C15H11FN4O2. The van der Waals surface area contributed by atoms with Gasteiger partial charge in [0.05, 0.1) is 24.4 Å². The minimum atomic E-state index is -0.566. The summed E-state index contributed by atoms with van der Waals surface area (Å²) in [4.78, 5) is 16.1. The molecule has 1 heterocycles. The maximum absolute atomic E-state index is 13.3. The number of nitriles is 1. The Kier molecular flexibility index (Phi) is 4.40. The number of nitrogens with zero attached hydrogens (tertiary/aromatic N) is 3. The summed E-state index contributed by atoms with van der Waals surface area (Å²) in [5, 5.41) is 9.05. The first kappa shape index (κ1) is 15.1. The molecule has 22 heavy (non-hydrogen) atoms. The van der Waals surface area contributed by atoms with Gasteiger partial charge in [-0.05, 0) is 23.8 Å². The Morgan fingerprint density at radius 2 is 2.27 bits per heavy atom. The molecule has 0 saturated heterocycles. The van der Waals surface area contributed by atoms with E-state index in [9.17, 15) is 9.18 Å². The van der Waals surface area contributed by atoms with Crippen LogP contribution in [0.25, 0.3) is 0 Å². The molecule has 0 amide bonds. The van der Waals surface area contributed by atoms with Crippen LogP contribution in [-0.4, -0.2) is 9.55 Å². The Balaban J connectivity index is 2.50. The van der Waals surface area contributed by atoms with Crippen molar-refractivity contribution in [3.63, 3.8) is 0 Å². The maximum Gasteiger partial charge on any atom is 0.299 e. The number of hydrogen-bond acceptors (Lipinski definition) is 5. The van der Waals surface area contributed by atoms with Gasteiger partial charge in [0.2, 0.25) is 11.7 Å².